The number of aromatic nitrogens is 1. The van der Waals surface area contributed by atoms with E-state index in [1.54, 1.807) is 7.11 Å². The topological polar surface area (TPSA) is 71.5 Å². The van der Waals surface area contributed by atoms with Crippen molar-refractivity contribution in [3.05, 3.63) is 58.9 Å². The van der Waals surface area contributed by atoms with Crippen LogP contribution >= 0.6 is 0 Å². The lowest BCUT2D eigenvalue weighted by atomic mass is 9.89. The molecule has 176 valence electrons. The molecule has 1 aliphatic heterocycles. The van der Waals surface area contributed by atoms with Gasteiger partial charge in [0.15, 0.2) is 0 Å². The highest BCUT2D eigenvalue weighted by atomic mass is 16.5. The van der Waals surface area contributed by atoms with E-state index in [0.29, 0.717) is 24.4 Å². The van der Waals surface area contributed by atoms with Crippen molar-refractivity contribution in [1.29, 1.82) is 0 Å². The fourth-order valence-corrected chi connectivity index (χ4v) is 5.20. The third-order valence-corrected chi connectivity index (χ3v) is 7.08. The SMILES string of the molecule is COc1ccccc1CCNC(=O)c1ccc(C)nc1C1CCN(C(=O)C2CCCC2)CC1. The van der Waals surface area contributed by atoms with E-state index in [1.165, 1.54) is 12.8 Å². The largest absolute Gasteiger partial charge is 0.496 e. The van der Waals surface area contributed by atoms with Crippen molar-refractivity contribution in [3.63, 3.8) is 0 Å². The van der Waals surface area contributed by atoms with Gasteiger partial charge in [0.1, 0.15) is 5.75 Å². The fourth-order valence-electron chi connectivity index (χ4n) is 5.20. The molecule has 1 saturated heterocycles. The predicted octanol–water partition coefficient (Wildman–Crippen LogP) is 4.27. The predicted molar refractivity (Wildman–Crippen MR) is 129 cm³/mol. The first-order valence-corrected chi connectivity index (χ1v) is 12.2. The number of methoxy groups -OCH3 is 1. The summed E-state index contributed by atoms with van der Waals surface area (Å²) in [5, 5.41) is 3.06. The van der Waals surface area contributed by atoms with Gasteiger partial charge in [-0.1, -0.05) is 31.0 Å². The molecule has 2 aromatic rings. The number of carbonyl (C=O) groups is 2. The van der Waals surface area contributed by atoms with E-state index < -0.39 is 0 Å². The Morgan fingerprint density at radius 2 is 1.79 bits per heavy atom. The van der Waals surface area contributed by atoms with Gasteiger partial charge in [0.2, 0.25) is 5.91 Å². The minimum absolute atomic E-state index is 0.0862. The Morgan fingerprint density at radius 1 is 1.06 bits per heavy atom. The summed E-state index contributed by atoms with van der Waals surface area (Å²) in [5.74, 6) is 1.51. The minimum atomic E-state index is -0.0862. The summed E-state index contributed by atoms with van der Waals surface area (Å²) in [6.45, 7) is 4.00. The molecular formula is C27H35N3O3. The summed E-state index contributed by atoms with van der Waals surface area (Å²) in [5.41, 5.74) is 3.51. The van der Waals surface area contributed by atoms with Gasteiger partial charge in [-0.05, 0) is 62.8 Å². The van der Waals surface area contributed by atoms with E-state index in [0.717, 1.165) is 61.5 Å². The van der Waals surface area contributed by atoms with E-state index >= 15 is 0 Å². The van der Waals surface area contributed by atoms with E-state index in [1.807, 2.05) is 48.2 Å². The Balaban J connectivity index is 1.38. The number of nitrogens with zero attached hydrogens (tertiary/aromatic N) is 2. The number of carbonyl (C=O) groups excluding carboxylic acids is 2. The van der Waals surface area contributed by atoms with Crippen molar-refractivity contribution in [1.82, 2.24) is 15.2 Å². The van der Waals surface area contributed by atoms with Crippen LogP contribution in [0.2, 0.25) is 0 Å². The average molecular weight is 450 g/mol. The fraction of sp³-hybridized carbons (Fsp3) is 0.519. The van der Waals surface area contributed by atoms with E-state index in [-0.39, 0.29) is 17.7 Å². The zero-order valence-electron chi connectivity index (χ0n) is 19.8. The first-order chi connectivity index (χ1) is 16.1. The highest BCUT2D eigenvalue weighted by Crippen LogP contribution is 2.32. The molecule has 33 heavy (non-hydrogen) atoms. The molecule has 1 aromatic carbocycles. The van der Waals surface area contributed by atoms with Crippen LogP contribution in [-0.2, 0) is 11.2 Å². The van der Waals surface area contributed by atoms with Crippen molar-refractivity contribution in [3.8, 4) is 5.75 Å². The first kappa shape index (κ1) is 23.3. The number of ether oxygens (including phenoxy) is 1. The number of pyridine rings is 1. The summed E-state index contributed by atoms with van der Waals surface area (Å²) >= 11 is 0. The number of likely N-dealkylation sites (tertiary alicyclic amines) is 1. The van der Waals surface area contributed by atoms with Crippen molar-refractivity contribution < 1.29 is 14.3 Å². The monoisotopic (exact) mass is 449 g/mol. The lowest BCUT2D eigenvalue weighted by molar-refractivity contribution is -0.136. The van der Waals surface area contributed by atoms with E-state index in [2.05, 4.69) is 5.32 Å². The highest BCUT2D eigenvalue weighted by Gasteiger charge is 2.32. The van der Waals surface area contributed by atoms with Crippen LogP contribution in [0.1, 0.15) is 71.8 Å². The molecule has 1 aliphatic carbocycles. The number of hydrogen-bond donors (Lipinski definition) is 1. The summed E-state index contributed by atoms with van der Waals surface area (Å²) in [7, 11) is 1.66. The average Bonchev–Trinajstić information content (AvgIpc) is 3.39. The first-order valence-electron chi connectivity index (χ1n) is 12.2. The number of benzene rings is 1. The summed E-state index contributed by atoms with van der Waals surface area (Å²) in [4.78, 5) is 32.7. The van der Waals surface area contributed by atoms with Gasteiger partial charge in [0, 0.05) is 37.2 Å². The van der Waals surface area contributed by atoms with Crippen LogP contribution in [0.25, 0.3) is 0 Å². The second kappa shape index (κ2) is 10.8. The Kier molecular flexibility index (Phi) is 7.63. The second-order valence-corrected chi connectivity index (χ2v) is 9.28. The number of amides is 2. The van der Waals surface area contributed by atoms with Crippen LogP contribution in [0.5, 0.6) is 5.75 Å². The number of nitrogens with one attached hydrogen (secondary N) is 1. The normalized spacial score (nSPS) is 17.2. The summed E-state index contributed by atoms with van der Waals surface area (Å²) < 4.78 is 5.41. The van der Waals surface area contributed by atoms with Crippen LogP contribution < -0.4 is 10.1 Å². The highest BCUT2D eigenvalue weighted by molar-refractivity contribution is 5.95. The van der Waals surface area contributed by atoms with E-state index in [9.17, 15) is 9.59 Å². The molecule has 4 rings (SSSR count). The molecule has 0 unspecified atom stereocenters. The zero-order chi connectivity index (χ0) is 23.2. The maximum Gasteiger partial charge on any atom is 0.253 e. The third-order valence-electron chi connectivity index (χ3n) is 7.08. The molecular weight excluding hydrogens is 414 g/mol. The summed E-state index contributed by atoms with van der Waals surface area (Å²) in [6, 6.07) is 11.7. The molecule has 1 aromatic heterocycles. The molecule has 0 atom stereocenters. The quantitative estimate of drug-likeness (QED) is 0.685. The molecule has 6 nitrogen and oxygen atoms in total. The van der Waals surface area contributed by atoms with Crippen LogP contribution in [0.15, 0.2) is 36.4 Å². The Morgan fingerprint density at radius 3 is 2.52 bits per heavy atom. The van der Waals surface area contributed by atoms with Crippen molar-refractivity contribution in [2.45, 2.75) is 57.8 Å². The maximum absolute atomic E-state index is 13.1. The number of piperidine rings is 1. The van der Waals surface area contributed by atoms with Crippen molar-refractivity contribution >= 4 is 11.8 Å². The number of aryl methyl sites for hydroxylation is 1. The van der Waals surface area contributed by atoms with Crippen LogP contribution in [-0.4, -0.2) is 48.4 Å². The Labute approximate surface area is 196 Å². The zero-order valence-corrected chi connectivity index (χ0v) is 19.8. The molecule has 2 aliphatic rings. The van der Waals surface area contributed by atoms with Crippen LogP contribution in [0, 0.1) is 12.8 Å². The van der Waals surface area contributed by atoms with Crippen LogP contribution in [0.4, 0.5) is 0 Å². The van der Waals surface area contributed by atoms with Crippen molar-refractivity contribution in [2.24, 2.45) is 5.92 Å². The third kappa shape index (κ3) is 5.55. The van der Waals surface area contributed by atoms with Gasteiger partial charge in [-0.15, -0.1) is 0 Å². The van der Waals surface area contributed by atoms with Crippen LogP contribution in [0.3, 0.4) is 0 Å². The van der Waals surface area contributed by atoms with Gasteiger partial charge < -0.3 is 15.0 Å². The molecule has 6 heteroatoms. The lowest BCUT2D eigenvalue weighted by Gasteiger charge is -2.34. The molecule has 1 N–H and O–H groups in total. The number of para-hydroxylation sites is 1. The molecule has 2 heterocycles. The molecule has 2 amide bonds. The van der Waals surface area contributed by atoms with Gasteiger partial charge in [-0.2, -0.15) is 0 Å². The Hall–Kier alpha value is -2.89. The minimum Gasteiger partial charge on any atom is -0.496 e. The van der Waals surface area contributed by atoms with Gasteiger partial charge in [0.05, 0.1) is 18.4 Å². The molecule has 0 bridgehead atoms. The van der Waals surface area contributed by atoms with Crippen molar-refractivity contribution in [2.75, 3.05) is 26.7 Å². The lowest BCUT2D eigenvalue weighted by Crippen LogP contribution is -2.41. The molecule has 1 saturated carbocycles. The van der Waals surface area contributed by atoms with Gasteiger partial charge >= 0.3 is 0 Å². The van der Waals surface area contributed by atoms with Gasteiger partial charge in [0.25, 0.3) is 5.91 Å². The maximum atomic E-state index is 13.1. The molecule has 0 spiro atoms. The van der Waals surface area contributed by atoms with Gasteiger partial charge in [-0.25, -0.2) is 0 Å². The number of hydrogen-bond acceptors (Lipinski definition) is 4. The smallest absolute Gasteiger partial charge is 0.253 e. The van der Waals surface area contributed by atoms with E-state index in [4.69, 9.17) is 9.72 Å². The molecule has 0 radical (unpaired) electrons. The standard InChI is InChI=1S/C27H35N3O3/c1-19-11-12-23(26(31)28-16-13-20-7-5-6-10-24(20)33-2)25(29-19)21-14-17-30(18-15-21)27(32)22-8-3-4-9-22/h5-7,10-12,21-22H,3-4,8-9,13-18H2,1-2H3,(H,28,31). The summed E-state index contributed by atoms with van der Waals surface area (Å²) in [6.07, 6.45) is 6.85. The molecule has 2 fully saturated rings. The second-order valence-electron chi connectivity index (χ2n) is 9.28. The Bertz CT molecular complexity index is 976. The number of rotatable bonds is 7. The van der Waals surface area contributed by atoms with Gasteiger partial charge in [-0.3, -0.25) is 14.6 Å².